The summed E-state index contributed by atoms with van der Waals surface area (Å²) in [6.07, 6.45) is 0.855. The van der Waals surface area contributed by atoms with Crippen molar-refractivity contribution in [1.29, 1.82) is 0 Å². The van der Waals surface area contributed by atoms with Crippen molar-refractivity contribution in [2.45, 2.75) is 18.9 Å². The first-order valence-electron chi connectivity index (χ1n) is 5.27. The minimum absolute atomic E-state index is 0.418. The van der Waals surface area contributed by atoms with Gasteiger partial charge in [-0.05, 0) is 24.1 Å². The van der Waals surface area contributed by atoms with Gasteiger partial charge in [0, 0.05) is 4.88 Å². The molecule has 0 aliphatic carbocycles. The number of hydrogen-bond acceptors (Lipinski definition) is 2. The zero-order valence-electron chi connectivity index (χ0n) is 9.11. The van der Waals surface area contributed by atoms with Crippen molar-refractivity contribution in [1.82, 2.24) is 0 Å². The fraction of sp³-hybridized carbons (Fsp3) is 0.231. The molecule has 84 valence electrons. The van der Waals surface area contributed by atoms with Crippen molar-refractivity contribution in [3.05, 3.63) is 57.2 Å². The van der Waals surface area contributed by atoms with Gasteiger partial charge in [0.05, 0.1) is 9.88 Å². The highest BCUT2D eigenvalue weighted by Crippen LogP contribution is 2.36. The van der Waals surface area contributed by atoms with Crippen LogP contribution in [-0.4, -0.2) is 0 Å². The lowest BCUT2D eigenvalue weighted by Gasteiger charge is -2.27. The van der Waals surface area contributed by atoms with Crippen molar-refractivity contribution >= 4 is 22.9 Å². The van der Waals surface area contributed by atoms with Crippen molar-refractivity contribution in [3.63, 3.8) is 0 Å². The predicted octanol–water partition coefficient (Wildman–Crippen LogP) is 4.01. The summed E-state index contributed by atoms with van der Waals surface area (Å²) in [5.41, 5.74) is 7.22. The van der Waals surface area contributed by atoms with E-state index in [4.69, 9.17) is 17.3 Å². The molecule has 0 fully saturated rings. The monoisotopic (exact) mass is 251 g/mol. The Bertz CT molecular complexity index is 466. The fourth-order valence-corrected chi connectivity index (χ4v) is 3.05. The lowest BCUT2D eigenvalue weighted by Crippen LogP contribution is -2.36. The molecular formula is C13H14ClNS. The molecule has 1 unspecified atom stereocenters. The van der Waals surface area contributed by atoms with Crippen LogP contribution in [0.5, 0.6) is 0 Å². The van der Waals surface area contributed by atoms with Crippen LogP contribution in [0, 0.1) is 0 Å². The Morgan fingerprint density at radius 3 is 2.38 bits per heavy atom. The molecule has 0 saturated heterocycles. The van der Waals surface area contributed by atoms with Crippen LogP contribution < -0.4 is 5.73 Å². The van der Waals surface area contributed by atoms with Gasteiger partial charge in [-0.3, -0.25) is 0 Å². The van der Waals surface area contributed by atoms with E-state index in [0.29, 0.717) is 0 Å². The Morgan fingerprint density at radius 1 is 1.19 bits per heavy atom. The van der Waals surface area contributed by atoms with E-state index in [1.54, 1.807) is 11.3 Å². The van der Waals surface area contributed by atoms with Gasteiger partial charge in [0.1, 0.15) is 0 Å². The van der Waals surface area contributed by atoms with Gasteiger partial charge >= 0.3 is 0 Å². The lowest BCUT2D eigenvalue weighted by molar-refractivity contribution is 0.530. The molecule has 0 amide bonds. The zero-order valence-corrected chi connectivity index (χ0v) is 10.7. The van der Waals surface area contributed by atoms with E-state index in [1.165, 1.54) is 0 Å². The van der Waals surface area contributed by atoms with Crippen LogP contribution >= 0.6 is 22.9 Å². The Morgan fingerprint density at radius 2 is 1.88 bits per heavy atom. The van der Waals surface area contributed by atoms with Gasteiger partial charge < -0.3 is 5.73 Å². The smallest absolute Gasteiger partial charge is 0.0932 e. The first-order chi connectivity index (χ1) is 7.66. The lowest BCUT2D eigenvalue weighted by atomic mass is 9.87. The molecule has 0 bridgehead atoms. The third-order valence-electron chi connectivity index (χ3n) is 2.86. The van der Waals surface area contributed by atoms with Crippen molar-refractivity contribution < 1.29 is 0 Å². The fourth-order valence-electron chi connectivity index (χ4n) is 1.81. The maximum absolute atomic E-state index is 6.51. The summed E-state index contributed by atoms with van der Waals surface area (Å²) in [6, 6.07) is 14.1. The van der Waals surface area contributed by atoms with Gasteiger partial charge in [-0.2, -0.15) is 0 Å². The molecule has 0 saturated carbocycles. The van der Waals surface area contributed by atoms with Gasteiger partial charge in [-0.1, -0.05) is 48.9 Å². The highest BCUT2D eigenvalue weighted by Gasteiger charge is 2.28. The molecule has 3 heteroatoms. The molecule has 0 radical (unpaired) electrons. The molecule has 16 heavy (non-hydrogen) atoms. The van der Waals surface area contributed by atoms with E-state index in [1.807, 2.05) is 30.3 Å². The molecule has 1 aromatic heterocycles. The van der Waals surface area contributed by atoms with Gasteiger partial charge in [0.2, 0.25) is 0 Å². The van der Waals surface area contributed by atoms with E-state index in [0.717, 1.165) is 21.2 Å². The Balaban J connectivity index is 2.48. The molecule has 1 nitrogen and oxygen atoms in total. The third-order valence-corrected chi connectivity index (χ3v) is 4.27. The SMILES string of the molecule is CCC(N)(c1ccccc1)c1ccc(Cl)s1. The molecule has 2 rings (SSSR count). The van der Waals surface area contributed by atoms with Crippen LogP contribution in [0.1, 0.15) is 23.8 Å². The second kappa shape index (κ2) is 4.58. The number of thiophene rings is 1. The highest BCUT2D eigenvalue weighted by atomic mass is 35.5. The molecule has 0 aliphatic heterocycles. The number of nitrogens with two attached hydrogens (primary N) is 1. The summed E-state index contributed by atoms with van der Waals surface area (Å²) in [7, 11) is 0. The average molecular weight is 252 g/mol. The van der Waals surface area contributed by atoms with E-state index in [2.05, 4.69) is 19.1 Å². The average Bonchev–Trinajstić information content (AvgIpc) is 2.76. The number of halogens is 1. The number of benzene rings is 1. The summed E-state index contributed by atoms with van der Waals surface area (Å²) < 4.78 is 0.786. The molecule has 0 aliphatic rings. The predicted molar refractivity (Wildman–Crippen MR) is 71.0 cm³/mol. The summed E-state index contributed by atoms with van der Waals surface area (Å²) in [4.78, 5) is 1.12. The van der Waals surface area contributed by atoms with Gasteiger partial charge in [-0.15, -0.1) is 11.3 Å². The first-order valence-corrected chi connectivity index (χ1v) is 6.46. The second-order valence-electron chi connectivity index (χ2n) is 3.79. The molecule has 2 aromatic rings. The van der Waals surface area contributed by atoms with Gasteiger partial charge in [0.25, 0.3) is 0 Å². The maximum atomic E-state index is 6.51. The van der Waals surface area contributed by atoms with Crippen LogP contribution in [0.4, 0.5) is 0 Å². The molecule has 0 spiro atoms. The third kappa shape index (κ3) is 2.01. The van der Waals surface area contributed by atoms with Crippen molar-refractivity contribution in [3.8, 4) is 0 Å². The maximum Gasteiger partial charge on any atom is 0.0932 e. The van der Waals surface area contributed by atoms with Crippen molar-refractivity contribution in [2.75, 3.05) is 0 Å². The van der Waals surface area contributed by atoms with E-state index >= 15 is 0 Å². The van der Waals surface area contributed by atoms with Gasteiger partial charge in [0.15, 0.2) is 0 Å². The largest absolute Gasteiger partial charge is 0.317 e. The Hall–Kier alpha value is -0.830. The standard InChI is InChI=1S/C13H14ClNS/c1-2-13(15,10-6-4-3-5-7-10)11-8-9-12(14)16-11/h3-9H,2,15H2,1H3. The first kappa shape index (κ1) is 11.6. The quantitative estimate of drug-likeness (QED) is 0.876. The minimum atomic E-state index is -0.418. The molecule has 1 heterocycles. The van der Waals surface area contributed by atoms with Crippen molar-refractivity contribution in [2.24, 2.45) is 5.73 Å². The van der Waals surface area contributed by atoms with Crippen LogP contribution in [0.3, 0.4) is 0 Å². The van der Waals surface area contributed by atoms with E-state index < -0.39 is 5.54 Å². The number of hydrogen-bond donors (Lipinski definition) is 1. The highest BCUT2D eigenvalue weighted by molar-refractivity contribution is 7.16. The Labute approximate surface area is 105 Å². The van der Waals surface area contributed by atoms with E-state index in [9.17, 15) is 0 Å². The van der Waals surface area contributed by atoms with Gasteiger partial charge in [-0.25, -0.2) is 0 Å². The zero-order chi connectivity index (χ0) is 11.6. The summed E-state index contributed by atoms with van der Waals surface area (Å²) >= 11 is 7.53. The molecule has 1 aromatic carbocycles. The summed E-state index contributed by atoms with van der Waals surface area (Å²) in [5.74, 6) is 0. The van der Waals surface area contributed by atoms with Crippen LogP contribution in [0.2, 0.25) is 4.34 Å². The molecule has 1 atom stereocenters. The second-order valence-corrected chi connectivity index (χ2v) is 5.51. The molecular weight excluding hydrogens is 238 g/mol. The van der Waals surface area contributed by atoms with Crippen LogP contribution in [-0.2, 0) is 5.54 Å². The van der Waals surface area contributed by atoms with E-state index in [-0.39, 0.29) is 0 Å². The molecule has 2 N–H and O–H groups in total. The summed E-state index contributed by atoms with van der Waals surface area (Å²) in [6.45, 7) is 2.10. The normalized spacial score (nSPS) is 14.7. The summed E-state index contributed by atoms with van der Waals surface area (Å²) in [5, 5.41) is 0. The van der Waals surface area contributed by atoms with Crippen LogP contribution in [0.25, 0.3) is 0 Å². The Kier molecular flexibility index (Phi) is 3.33. The number of rotatable bonds is 3. The topological polar surface area (TPSA) is 26.0 Å². The minimum Gasteiger partial charge on any atom is -0.317 e. The van der Waals surface area contributed by atoms with Crippen LogP contribution in [0.15, 0.2) is 42.5 Å².